The number of ether oxygens (including phenoxy) is 1. The van der Waals surface area contributed by atoms with Crippen LogP contribution in [-0.4, -0.2) is 23.9 Å². The first-order valence-corrected chi connectivity index (χ1v) is 8.08. The maximum atomic E-state index is 12.7. The molecule has 0 aromatic heterocycles. The highest BCUT2D eigenvalue weighted by Gasteiger charge is 2.44. The first kappa shape index (κ1) is 16.8. The summed E-state index contributed by atoms with van der Waals surface area (Å²) in [5.74, 6) is -0.789. The molecule has 5 heteroatoms. The van der Waals surface area contributed by atoms with Gasteiger partial charge in [0.2, 0.25) is 0 Å². The van der Waals surface area contributed by atoms with Gasteiger partial charge >= 0.3 is 0 Å². The lowest BCUT2D eigenvalue weighted by molar-refractivity contribution is -0.118. The average Bonchev–Trinajstić information content (AvgIpc) is 2.93. The van der Waals surface area contributed by atoms with Gasteiger partial charge in [-0.05, 0) is 18.2 Å². The second-order valence-electron chi connectivity index (χ2n) is 5.69. The molecule has 1 amide bonds. The van der Waals surface area contributed by atoms with Gasteiger partial charge in [0.05, 0.1) is 18.7 Å². The van der Waals surface area contributed by atoms with Crippen LogP contribution in [0.3, 0.4) is 0 Å². The van der Waals surface area contributed by atoms with Gasteiger partial charge in [0.1, 0.15) is 5.75 Å². The number of para-hydroxylation sites is 2. The Balaban J connectivity index is 2.23. The molecule has 3 rings (SSSR count). The summed E-state index contributed by atoms with van der Waals surface area (Å²) in [6.07, 6.45) is 0.195. The van der Waals surface area contributed by atoms with E-state index in [9.17, 15) is 14.7 Å². The van der Waals surface area contributed by atoms with Crippen LogP contribution in [0.4, 0.5) is 5.69 Å². The minimum atomic E-state index is -0.724. The molecule has 0 bridgehead atoms. The Morgan fingerprint density at radius 1 is 1.12 bits per heavy atom. The minimum Gasteiger partial charge on any atom is -0.503 e. The molecule has 0 radical (unpaired) electrons. The monoisotopic (exact) mass is 337 g/mol. The van der Waals surface area contributed by atoms with E-state index in [-0.39, 0.29) is 17.8 Å². The summed E-state index contributed by atoms with van der Waals surface area (Å²) < 4.78 is 5.42. The molecule has 0 fully saturated rings. The summed E-state index contributed by atoms with van der Waals surface area (Å²) >= 11 is 0. The van der Waals surface area contributed by atoms with Crippen molar-refractivity contribution < 1.29 is 19.4 Å². The predicted molar refractivity (Wildman–Crippen MR) is 94.6 cm³/mol. The number of amides is 1. The lowest BCUT2D eigenvalue weighted by Gasteiger charge is -2.27. The van der Waals surface area contributed by atoms with E-state index in [1.807, 2.05) is 18.2 Å². The van der Waals surface area contributed by atoms with Gasteiger partial charge in [0, 0.05) is 17.7 Å². The third kappa shape index (κ3) is 2.78. The number of benzene rings is 2. The number of hydrogen-bond acceptors (Lipinski definition) is 4. The van der Waals surface area contributed by atoms with Crippen LogP contribution >= 0.6 is 0 Å². The van der Waals surface area contributed by atoms with E-state index in [2.05, 4.69) is 0 Å². The molecule has 0 saturated heterocycles. The maximum Gasteiger partial charge on any atom is 0.294 e. The minimum absolute atomic E-state index is 0.112. The summed E-state index contributed by atoms with van der Waals surface area (Å²) in [5.41, 5.74) is 1.37. The van der Waals surface area contributed by atoms with E-state index in [4.69, 9.17) is 4.74 Å². The summed E-state index contributed by atoms with van der Waals surface area (Å²) in [5, 5.41) is 10.4. The van der Waals surface area contributed by atoms with Crippen LogP contribution in [0.2, 0.25) is 0 Å². The van der Waals surface area contributed by atoms with Crippen LogP contribution in [0.1, 0.15) is 24.9 Å². The van der Waals surface area contributed by atoms with E-state index in [1.165, 1.54) is 12.0 Å². The van der Waals surface area contributed by atoms with Crippen LogP contribution in [0.15, 0.2) is 65.9 Å². The zero-order chi connectivity index (χ0) is 18.0. The summed E-state index contributed by atoms with van der Waals surface area (Å²) in [6, 6.07) is 15.5. The molecule has 0 aliphatic carbocycles. The lowest BCUT2D eigenvalue weighted by atomic mass is 9.94. The molecule has 1 N–H and O–H groups in total. The Morgan fingerprint density at radius 3 is 2.40 bits per heavy atom. The Kier molecular flexibility index (Phi) is 4.57. The van der Waals surface area contributed by atoms with Crippen LogP contribution in [0, 0.1) is 0 Å². The number of ketones is 1. The van der Waals surface area contributed by atoms with Crippen LogP contribution < -0.4 is 9.64 Å². The number of carbonyl (C=O) groups is 2. The van der Waals surface area contributed by atoms with E-state index in [1.54, 1.807) is 43.3 Å². The van der Waals surface area contributed by atoms with Gasteiger partial charge in [-0.25, -0.2) is 0 Å². The quantitative estimate of drug-likeness (QED) is 0.906. The highest BCUT2D eigenvalue weighted by Crippen LogP contribution is 2.43. The zero-order valence-corrected chi connectivity index (χ0v) is 14.1. The second kappa shape index (κ2) is 6.81. The number of anilines is 1. The number of aliphatic hydroxyl groups is 1. The summed E-state index contributed by atoms with van der Waals surface area (Å²) in [7, 11) is 1.54. The van der Waals surface area contributed by atoms with Crippen molar-refractivity contribution in [3.05, 3.63) is 71.5 Å². The Labute approximate surface area is 146 Å². The Morgan fingerprint density at radius 2 is 1.76 bits per heavy atom. The van der Waals surface area contributed by atoms with Crippen LogP contribution in [0.5, 0.6) is 5.75 Å². The standard InChI is InChI=1S/C20H19NO4/c1-3-15(22)17-18(14-11-7-8-12-16(14)25-2)21(20(24)19(17)23)13-9-5-4-6-10-13/h4-12,18,23H,3H2,1-2H3. The fraction of sp³-hybridized carbons (Fsp3) is 0.200. The maximum absolute atomic E-state index is 12.7. The Hall–Kier alpha value is -3.08. The van der Waals surface area contributed by atoms with Crippen molar-refractivity contribution >= 4 is 17.4 Å². The second-order valence-corrected chi connectivity index (χ2v) is 5.69. The number of hydrogen-bond donors (Lipinski definition) is 1. The smallest absolute Gasteiger partial charge is 0.294 e. The molecule has 1 heterocycles. The molecule has 1 aliphatic heterocycles. The van der Waals surface area contributed by atoms with Crippen LogP contribution in [0.25, 0.3) is 0 Å². The molecule has 2 aromatic rings. The van der Waals surface area contributed by atoms with Crippen molar-refractivity contribution in [2.24, 2.45) is 0 Å². The fourth-order valence-corrected chi connectivity index (χ4v) is 3.12. The highest BCUT2D eigenvalue weighted by atomic mass is 16.5. The largest absolute Gasteiger partial charge is 0.503 e. The third-order valence-electron chi connectivity index (χ3n) is 4.30. The zero-order valence-electron chi connectivity index (χ0n) is 14.1. The number of aliphatic hydroxyl groups excluding tert-OH is 1. The lowest BCUT2D eigenvalue weighted by Crippen LogP contribution is -2.31. The van der Waals surface area contributed by atoms with Crippen molar-refractivity contribution in [3.63, 3.8) is 0 Å². The topological polar surface area (TPSA) is 66.8 Å². The number of Topliss-reactive ketones (excluding diaryl/α,β-unsaturated/α-hetero) is 1. The van der Waals surface area contributed by atoms with Gasteiger partial charge < -0.3 is 9.84 Å². The van der Waals surface area contributed by atoms with E-state index in [0.717, 1.165) is 0 Å². The SMILES string of the molecule is CCC(=O)C1=C(O)C(=O)N(c2ccccc2)C1c1ccccc1OC. The normalized spacial score (nSPS) is 17.1. The van der Waals surface area contributed by atoms with Crippen molar-refractivity contribution in [2.45, 2.75) is 19.4 Å². The van der Waals surface area contributed by atoms with Crippen molar-refractivity contribution in [2.75, 3.05) is 12.0 Å². The molecular weight excluding hydrogens is 318 g/mol. The number of carbonyl (C=O) groups excluding carboxylic acids is 2. The molecule has 5 nitrogen and oxygen atoms in total. The molecule has 0 saturated carbocycles. The van der Waals surface area contributed by atoms with E-state index in [0.29, 0.717) is 17.0 Å². The third-order valence-corrected chi connectivity index (χ3v) is 4.30. The van der Waals surface area contributed by atoms with Crippen LogP contribution in [-0.2, 0) is 9.59 Å². The molecule has 1 atom stereocenters. The number of rotatable bonds is 5. The van der Waals surface area contributed by atoms with Gasteiger partial charge in [-0.2, -0.15) is 0 Å². The van der Waals surface area contributed by atoms with Gasteiger partial charge in [0.15, 0.2) is 11.5 Å². The highest BCUT2D eigenvalue weighted by molar-refractivity contribution is 6.16. The molecule has 1 unspecified atom stereocenters. The Bertz CT molecular complexity index is 842. The molecule has 25 heavy (non-hydrogen) atoms. The molecule has 128 valence electrons. The summed E-state index contributed by atoms with van der Waals surface area (Å²) in [4.78, 5) is 26.7. The fourth-order valence-electron chi connectivity index (χ4n) is 3.12. The van der Waals surface area contributed by atoms with E-state index >= 15 is 0 Å². The molecule has 1 aliphatic rings. The van der Waals surface area contributed by atoms with Crippen molar-refractivity contribution in [1.82, 2.24) is 0 Å². The molecule has 0 spiro atoms. The molecular formula is C20H19NO4. The average molecular weight is 337 g/mol. The number of methoxy groups -OCH3 is 1. The van der Waals surface area contributed by atoms with Gasteiger partial charge in [-0.3, -0.25) is 14.5 Å². The van der Waals surface area contributed by atoms with Gasteiger partial charge in [-0.1, -0.05) is 43.3 Å². The first-order chi connectivity index (χ1) is 12.1. The number of nitrogens with zero attached hydrogens (tertiary/aromatic N) is 1. The predicted octanol–water partition coefficient (Wildman–Crippen LogP) is 3.57. The first-order valence-electron chi connectivity index (χ1n) is 8.08. The van der Waals surface area contributed by atoms with E-state index < -0.39 is 17.7 Å². The molecule has 2 aromatic carbocycles. The van der Waals surface area contributed by atoms with Crippen molar-refractivity contribution in [3.8, 4) is 5.75 Å². The summed E-state index contributed by atoms with van der Waals surface area (Å²) in [6.45, 7) is 1.71. The van der Waals surface area contributed by atoms with Crippen molar-refractivity contribution in [1.29, 1.82) is 0 Å². The van der Waals surface area contributed by atoms with Gasteiger partial charge in [-0.15, -0.1) is 0 Å². The van der Waals surface area contributed by atoms with Gasteiger partial charge in [0.25, 0.3) is 5.91 Å².